The second-order valence-electron chi connectivity index (χ2n) is 4.53. The molecular weight excluding hydrogens is 160 g/mol. The summed E-state index contributed by atoms with van der Waals surface area (Å²) in [5, 5.41) is 8.74. The largest absolute Gasteiger partial charge is 0.285 e. The monoisotopic (exact) mass is 178 g/mol. The molecule has 1 saturated carbocycles. The molecule has 1 aliphatic heterocycles. The van der Waals surface area contributed by atoms with Crippen LogP contribution in [0.2, 0.25) is 0 Å². The smallest absolute Gasteiger partial charge is 0.0870 e. The molecule has 72 valence electrons. The summed E-state index contributed by atoms with van der Waals surface area (Å²) in [5.74, 6) is 0.900. The third kappa shape index (κ3) is 1.58. The Hall–Kier alpha value is -0.550. The maximum absolute atomic E-state index is 8.74. The molecule has 1 aliphatic carbocycles. The molecule has 0 radical (unpaired) electrons. The van der Waals surface area contributed by atoms with Gasteiger partial charge in [-0.05, 0) is 32.1 Å². The molecular formula is C11H18N2. The first-order valence-electron chi connectivity index (χ1n) is 5.45. The Morgan fingerprint density at radius 1 is 1.38 bits per heavy atom. The fourth-order valence-corrected chi connectivity index (χ4v) is 3.15. The third-order valence-electron chi connectivity index (χ3n) is 3.76. The Morgan fingerprint density at radius 3 is 2.92 bits per heavy atom. The first kappa shape index (κ1) is 9.02. The number of likely N-dealkylation sites (tertiary alicyclic amines) is 1. The molecule has 2 rings (SSSR count). The Morgan fingerprint density at radius 2 is 2.15 bits per heavy atom. The molecule has 0 N–H and O–H groups in total. The number of nitrogens with zero attached hydrogens (tertiary/aromatic N) is 2. The van der Waals surface area contributed by atoms with E-state index < -0.39 is 0 Å². The van der Waals surface area contributed by atoms with Gasteiger partial charge in [0, 0.05) is 12.1 Å². The van der Waals surface area contributed by atoms with Gasteiger partial charge in [-0.3, -0.25) is 4.90 Å². The van der Waals surface area contributed by atoms with E-state index >= 15 is 0 Å². The van der Waals surface area contributed by atoms with E-state index in [1.54, 1.807) is 0 Å². The number of hydrogen-bond acceptors (Lipinski definition) is 2. The zero-order chi connectivity index (χ0) is 9.26. The van der Waals surface area contributed by atoms with Crippen molar-refractivity contribution < 1.29 is 0 Å². The predicted octanol–water partition coefficient (Wildman–Crippen LogP) is 2.16. The minimum Gasteiger partial charge on any atom is -0.285 e. The lowest BCUT2D eigenvalue weighted by Gasteiger charge is -2.31. The van der Waals surface area contributed by atoms with Gasteiger partial charge < -0.3 is 0 Å². The van der Waals surface area contributed by atoms with Crippen molar-refractivity contribution in [2.45, 2.75) is 51.1 Å². The molecule has 1 heterocycles. The quantitative estimate of drug-likeness (QED) is 0.575. The maximum Gasteiger partial charge on any atom is 0.0870 e. The first-order chi connectivity index (χ1) is 6.33. The van der Waals surface area contributed by atoms with Crippen LogP contribution in [0.5, 0.6) is 0 Å². The van der Waals surface area contributed by atoms with Gasteiger partial charge in [0.1, 0.15) is 0 Å². The standard InChI is InChI=1S/C11H18N2/c1-9-8-10-4-2-3-5-11(10)13(9)7-6-12/h9-11H,2-5,7-8H2,1H3. The van der Waals surface area contributed by atoms with Crippen LogP contribution in [-0.2, 0) is 0 Å². The van der Waals surface area contributed by atoms with Crippen molar-refractivity contribution in [2.75, 3.05) is 6.54 Å². The van der Waals surface area contributed by atoms with Gasteiger partial charge in [0.2, 0.25) is 0 Å². The van der Waals surface area contributed by atoms with E-state index in [9.17, 15) is 0 Å². The topological polar surface area (TPSA) is 27.0 Å². The van der Waals surface area contributed by atoms with Crippen molar-refractivity contribution in [3.8, 4) is 6.07 Å². The van der Waals surface area contributed by atoms with Crippen LogP contribution < -0.4 is 0 Å². The Bertz CT molecular complexity index is 219. The molecule has 0 amide bonds. The molecule has 2 heteroatoms. The van der Waals surface area contributed by atoms with Crippen molar-refractivity contribution in [1.29, 1.82) is 5.26 Å². The summed E-state index contributed by atoms with van der Waals surface area (Å²) in [6, 6.07) is 3.68. The molecule has 2 nitrogen and oxygen atoms in total. The van der Waals surface area contributed by atoms with Gasteiger partial charge in [-0.2, -0.15) is 5.26 Å². The lowest BCUT2D eigenvalue weighted by atomic mass is 9.85. The molecule has 2 aliphatic rings. The molecule has 0 bridgehead atoms. The molecule has 3 atom stereocenters. The van der Waals surface area contributed by atoms with Gasteiger partial charge in [0.25, 0.3) is 0 Å². The number of nitriles is 1. The average Bonchev–Trinajstić information content (AvgIpc) is 2.44. The summed E-state index contributed by atoms with van der Waals surface area (Å²) in [6.07, 6.45) is 6.84. The number of fused-ring (bicyclic) bond motifs is 1. The lowest BCUT2D eigenvalue weighted by molar-refractivity contribution is 0.175. The van der Waals surface area contributed by atoms with Crippen LogP contribution in [0.4, 0.5) is 0 Å². The highest BCUT2D eigenvalue weighted by Crippen LogP contribution is 2.38. The van der Waals surface area contributed by atoms with Gasteiger partial charge in [-0.15, -0.1) is 0 Å². The molecule has 0 spiro atoms. The Balaban J connectivity index is 2.05. The zero-order valence-electron chi connectivity index (χ0n) is 8.37. The molecule has 0 aromatic carbocycles. The second-order valence-corrected chi connectivity index (χ2v) is 4.53. The van der Waals surface area contributed by atoms with Crippen LogP contribution in [0.3, 0.4) is 0 Å². The fourth-order valence-electron chi connectivity index (χ4n) is 3.15. The highest BCUT2D eigenvalue weighted by Gasteiger charge is 2.39. The SMILES string of the molecule is CC1CC2CCCCC2N1CC#N. The van der Waals surface area contributed by atoms with Gasteiger partial charge in [-0.25, -0.2) is 0 Å². The van der Waals surface area contributed by atoms with E-state index in [0.29, 0.717) is 12.6 Å². The van der Waals surface area contributed by atoms with Crippen LogP contribution in [0.1, 0.15) is 39.0 Å². The lowest BCUT2D eigenvalue weighted by Crippen LogP contribution is -2.37. The summed E-state index contributed by atoms with van der Waals surface area (Å²) in [5.41, 5.74) is 0. The molecule has 2 fully saturated rings. The first-order valence-corrected chi connectivity index (χ1v) is 5.45. The highest BCUT2D eigenvalue weighted by molar-refractivity contribution is 4.97. The average molecular weight is 178 g/mol. The van der Waals surface area contributed by atoms with Crippen LogP contribution >= 0.6 is 0 Å². The van der Waals surface area contributed by atoms with Crippen molar-refractivity contribution in [2.24, 2.45) is 5.92 Å². The molecule has 0 aromatic heterocycles. The van der Waals surface area contributed by atoms with Crippen molar-refractivity contribution in [1.82, 2.24) is 4.90 Å². The van der Waals surface area contributed by atoms with Gasteiger partial charge >= 0.3 is 0 Å². The molecule has 13 heavy (non-hydrogen) atoms. The van der Waals surface area contributed by atoms with E-state index in [-0.39, 0.29) is 0 Å². The van der Waals surface area contributed by atoms with Crippen LogP contribution in [-0.4, -0.2) is 23.5 Å². The molecule has 0 aromatic rings. The normalized spacial score (nSPS) is 39.8. The van der Waals surface area contributed by atoms with Crippen molar-refractivity contribution in [3.05, 3.63) is 0 Å². The van der Waals surface area contributed by atoms with Gasteiger partial charge in [0.15, 0.2) is 0 Å². The highest BCUT2D eigenvalue weighted by atomic mass is 15.2. The minimum absolute atomic E-state index is 0.641. The van der Waals surface area contributed by atoms with E-state index in [0.717, 1.165) is 12.0 Å². The predicted molar refractivity (Wildman–Crippen MR) is 52.1 cm³/mol. The Kier molecular flexibility index (Phi) is 2.55. The summed E-state index contributed by atoms with van der Waals surface area (Å²) >= 11 is 0. The Labute approximate surface area is 80.5 Å². The van der Waals surface area contributed by atoms with Crippen LogP contribution in [0.15, 0.2) is 0 Å². The van der Waals surface area contributed by atoms with Gasteiger partial charge in [-0.1, -0.05) is 12.8 Å². The van der Waals surface area contributed by atoms with E-state index in [4.69, 9.17) is 5.26 Å². The van der Waals surface area contributed by atoms with Crippen molar-refractivity contribution >= 4 is 0 Å². The third-order valence-corrected chi connectivity index (χ3v) is 3.76. The van der Waals surface area contributed by atoms with E-state index in [2.05, 4.69) is 17.9 Å². The zero-order valence-corrected chi connectivity index (χ0v) is 8.37. The van der Waals surface area contributed by atoms with E-state index in [1.165, 1.54) is 32.1 Å². The maximum atomic E-state index is 8.74. The number of hydrogen-bond donors (Lipinski definition) is 0. The molecule has 3 unspecified atom stereocenters. The number of rotatable bonds is 1. The minimum atomic E-state index is 0.641. The fraction of sp³-hybridized carbons (Fsp3) is 0.909. The summed E-state index contributed by atoms with van der Waals surface area (Å²) in [6.45, 7) is 2.91. The second kappa shape index (κ2) is 3.67. The van der Waals surface area contributed by atoms with Crippen LogP contribution in [0.25, 0.3) is 0 Å². The van der Waals surface area contributed by atoms with Gasteiger partial charge in [0.05, 0.1) is 12.6 Å². The summed E-state index contributed by atoms with van der Waals surface area (Å²) in [7, 11) is 0. The summed E-state index contributed by atoms with van der Waals surface area (Å²) in [4.78, 5) is 2.42. The van der Waals surface area contributed by atoms with Crippen LogP contribution in [0, 0.1) is 17.2 Å². The van der Waals surface area contributed by atoms with Crippen molar-refractivity contribution in [3.63, 3.8) is 0 Å². The summed E-state index contributed by atoms with van der Waals surface area (Å²) < 4.78 is 0. The van der Waals surface area contributed by atoms with E-state index in [1.807, 2.05) is 0 Å². The molecule has 1 saturated heterocycles.